The molecule has 30 N–H and O–H groups in total. The molecule has 0 aliphatic carbocycles. The first kappa shape index (κ1) is 119. The molecular weight excluding hydrogens is 1920 g/mol. The summed E-state index contributed by atoms with van der Waals surface area (Å²) in [6, 6.07) is -4.21. The lowest BCUT2D eigenvalue weighted by Crippen LogP contribution is -2.70. The minimum atomic E-state index is -5.94. The lowest BCUT2D eigenvalue weighted by molar-refractivity contribution is -0.408. The molecule has 0 bridgehead atoms. The Balaban J connectivity index is 0.952. The molecule has 0 saturated carbocycles. The summed E-state index contributed by atoms with van der Waals surface area (Å²) in [4.78, 5) is 47.9. The van der Waals surface area contributed by atoms with Crippen molar-refractivity contribution in [3.63, 3.8) is 0 Å². The Morgan fingerprint density at radius 2 is 0.612 bits per heavy atom. The van der Waals surface area contributed by atoms with Crippen LogP contribution in [0.3, 0.4) is 0 Å². The third-order valence-electron chi connectivity index (χ3n) is 25.2. The average Bonchev–Trinajstić information content (AvgIpc) is 0.792. The number of phosphoric acid groups is 2. The third-order valence-corrected chi connectivity index (χ3v) is 27.8. The Labute approximate surface area is 798 Å². The second-order valence-electron chi connectivity index (χ2n) is 36.1. The highest BCUT2D eigenvalue weighted by molar-refractivity contribution is 7.61. The molecule has 0 aromatic rings. The van der Waals surface area contributed by atoms with E-state index < -0.39 is 370 Å². The van der Waals surface area contributed by atoms with E-state index in [2.05, 4.69) is 66.9 Å². The first-order valence-corrected chi connectivity index (χ1v) is 48.7. The molecule has 4 unspecified atom stereocenters. The molecule has 54 nitrogen and oxygen atoms in total. The lowest BCUT2D eigenvalue weighted by atomic mass is 9.94. The van der Waals surface area contributed by atoms with Crippen molar-refractivity contribution in [3.05, 3.63) is 46.6 Å². The smallest absolute Gasteiger partial charge is 0.394 e. The molecule has 48 atom stereocenters. The van der Waals surface area contributed by atoms with E-state index in [-0.39, 0.29) is 12.3 Å². The number of aliphatic hydroxyl groups excluding tert-OH is 26. The molecule has 9 aliphatic heterocycles. The summed E-state index contributed by atoms with van der Waals surface area (Å²) in [6.07, 6.45) is -79.1. The number of carbonyl (C=O) groups is 2. The van der Waals surface area contributed by atoms with Crippen LogP contribution >= 0.6 is 15.6 Å². The van der Waals surface area contributed by atoms with Crippen LogP contribution in [0.4, 0.5) is 0 Å². The van der Waals surface area contributed by atoms with Gasteiger partial charge in [0.1, 0.15) is 220 Å². The van der Waals surface area contributed by atoms with Gasteiger partial charge in [0.05, 0.1) is 66.1 Å². The van der Waals surface area contributed by atoms with Gasteiger partial charge in [0.25, 0.3) is 0 Å². The Morgan fingerprint density at radius 1 is 0.309 bits per heavy atom. The summed E-state index contributed by atoms with van der Waals surface area (Å²) in [5, 5.41) is 295. The zero-order valence-electron chi connectivity index (χ0n) is 77.5. The lowest BCUT2D eigenvalue weighted by Gasteiger charge is -2.51. The van der Waals surface area contributed by atoms with Crippen molar-refractivity contribution in [2.45, 2.75) is 389 Å². The van der Waals surface area contributed by atoms with E-state index in [1.807, 2.05) is 13.8 Å². The summed E-state index contributed by atoms with van der Waals surface area (Å²) in [5.41, 5.74) is 5.11. The van der Waals surface area contributed by atoms with E-state index in [1.54, 1.807) is 0 Å². The predicted molar refractivity (Wildman–Crippen MR) is 457 cm³/mol. The Kier molecular flexibility index (Phi) is 46.7. The van der Waals surface area contributed by atoms with Crippen molar-refractivity contribution in [2.75, 3.05) is 66.1 Å². The van der Waals surface area contributed by atoms with Gasteiger partial charge in [-0.25, -0.2) is 9.13 Å². The van der Waals surface area contributed by atoms with Crippen molar-refractivity contribution in [2.24, 2.45) is 5.92 Å². The SMILES string of the molecule is CC(=O)N[C@H]1[C@H](O[C@H]2[C@H](O)[C@@H](NC(C)=O)C(OP(=O)(O)OP(=O)(O)OCCC(C)CC/C=C(/C)CC/C=C(\C)CC/C=C(\C)CCC=C(C)C)O[C@@H]2CO)O[C@H](CO)[C@@H](O[C@@H]2O[C@H](CO[C@H]3O[C@H](CO)[C@@H](O)[C@H](O[C@H]4O[C@H](CO)[C@@H](O)[C@H](O)[C@@H]4O[C@H]4O[C@H](CO)[C@@H](O)[C@H](O)[C@@H]4O)[C@@H]3O)[C@@H](O)[C@H](O[C@H]3O[C@H](CO)[C@@H](O)[C@H](O)[C@@H]3O[C@H]3O[C@H](CO)[C@@H](O)[C@H](O)[C@@H]3O[C@H]3O[C@H](CO)[C@@H](O)[C@H](O)[C@@H]3O)[C@@H]2O)[C@@H]1O. The van der Waals surface area contributed by atoms with Gasteiger partial charge in [-0.1, -0.05) is 53.5 Å². The number of hydrogen-bond donors (Lipinski definition) is 30. The highest BCUT2D eigenvalue weighted by atomic mass is 31.3. The average molecular weight is 2060 g/mol. The van der Waals surface area contributed by atoms with E-state index in [4.69, 9.17) is 89.6 Å². The highest BCUT2D eigenvalue weighted by Gasteiger charge is 2.62. The maximum absolute atomic E-state index is 13.7. The first-order valence-electron chi connectivity index (χ1n) is 45.7. The molecule has 2 amide bonds. The molecule has 9 saturated heterocycles. The van der Waals surface area contributed by atoms with Crippen molar-refractivity contribution >= 4 is 27.5 Å². The molecule has 0 aromatic carbocycles. The van der Waals surface area contributed by atoms with Crippen LogP contribution in [0.5, 0.6) is 0 Å². The van der Waals surface area contributed by atoms with Crippen LogP contribution in [-0.4, -0.2) is 497 Å². The molecule has 139 heavy (non-hydrogen) atoms. The number of amides is 2. The summed E-state index contributed by atoms with van der Waals surface area (Å²) in [6.45, 7) is 3.03. The van der Waals surface area contributed by atoms with Crippen LogP contribution in [0.25, 0.3) is 0 Å². The maximum atomic E-state index is 13.7. The van der Waals surface area contributed by atoms with Gasteiger partial charge >= 0.3 is 15.6 Å². The molecule has 9 aliphatic rings. The van der Waals surface area contributed by atoms with Gasteiger partial charge in [-0.3, -0.25) is 18.6 Å². The van der Waals surface area contributed by atoms with Crippen molar-refractivity contribution in [1.29, 1.82) is 0 Å². The zero-order chi connectivity index (χ0) is 103. The minimum absolute atomic E-state index is 0.109. The van der Waals surface area contributed by atoms with Crippen LogP contribution in [0.15, 0.2) is 46.6 Å². The quantitative estimate of drug-likeness (QED) is 0.0199. The third kappa shape index (κ3) is 31.1. The van der Waals surface area contributed by atoms with E-state index in [9.17, 15) is 161 Å². The van der Waals surface area contributed by atoms with E-state index in [0.29, 0.717) is 12.8 Å². The summed E-state index contributed by atoms with van der Waals surface area (Å²) in [5.74, 6) is -2.17. The molecule has 56 heteroatoms. The molecule has 9 rings (SSSR count). The van der Waals surface area contributed by atoms with E-state index >= 15 is 0 Å². The molecule has 0 aromatic heterocycles. The number of ether oxygens (including phenoxy) is 17. The summed E-state index contributed by atoms with van der Waals surface area (Å²) in [7, 11) is -11.5. The standard InChI is InChI=1S/C83H142N2O52P2/c1-32(2)13-9-14-33(3)15-10-16-34(4)17-11-18-35(5)19-12-20-36(6)21-22-119-138(114,115)137-139(116,117)136-76-49(85-38(8)95)58(104)68(46(30-93)127-76)129-75-48(84-37(7)94)57(103)69(45(29-92)126-75)130-80-67(113)71(132-82-74(63(109)54(100)42(26-89)124-82)135-83-73(62(108)53(99)43(27-90)125-83)134-79-65(111)60(106)51(97)40(24-87)122-79)56(102)47(128-80)31-118-77-66(112)70(55(101)44(28-91)120-77)131-81-72(61(107)52(98)41(25-88)123-81)133-78-64(110)59(105)50(96)39(23-86)121-78/h13,15,17,19,36,39-83,86-93,96-113H,9-12,14,16,18,20-31H2,1-8H3,(H,84,94)(H,85,95)(H,114,115)(H,116,117)/b33-15+,34-17+,35-19-/t36?,39-,40-,41-,42-,43-,44-,45-,46-,47-,48-,49-,50-,51-,52-,53-,54-,55-,56-,57-,58-,59+,60+,61+,62+,63+,64+,65+,66+,67+,68-,69-,70+,71+,72+,73+,74+,75+,76?,77+,78-,79-,80+,81-,82-,83-/m1/s1. The fraction of sp³-hybridized carbons (Fsp3) is 0.880. The number of allylic oxidation sites excluding steroid dienone is 8. The number of nitrogens with one attached hydrogen (secondary N) is 2. The zero-order valence-corrected chi connectivity index (χ0v) is 79.3. The monoisotopic (exact) mass is 2060 g/mol. The van der Waals surface area contributed by atoms with Crippen LogP contribution < -0.4 is 10.6 Å². The minimum Gasteiger partial charge on any atom is -0.394 e. The molecule has 0 spiro atoms. The number of phosphoric ester groups is 2. The molecule has 9 heterocycles. The van der Waals surface area contributed by atoms with Gasteiger partial charge < -0.3 is 234 Å². The largest absolute Gasteiger partial charge is 0.483 e. The van der Waals surface area contributed by atoms with Crippen LogP contribution in [0.1, 0.15) is 113 Å². The number of carbonyl (C=O) groups excluding carboxylic acids is 2. The fourth-order valence-corrected chi connectivity index (χ4v) is 19.3. The van der Waals surface area contributed by atoms with Gasteiger partial charge in [0.15, 0.2) is 56.6 Å². The van der Waals surface area contributed by atoms with Gasteiger partial charge in [-0.15, -0.1) is 0 Å². The second-order valence-corrected chi connectivity index (χ2v) is 39.1. The summed E-state index contributed by atoms with van der Waals surface area (Å²) < 4.78 is 142. The van der Waals surface area contributed by atoms with Crippen molar-refractivity contribution < 1.29 is 255 Å². The van der Waals surface area contributed by atoms with Crippen LogP contribution in [0.2, 0.25) is 0 Å². The molecule has 806 valence electrons. The normalized spacial score (nSPS) is 43.4. The van der Waals surface area contributed by atoms with Gasteiger partial charge in [-0.2, -0.15) is 4.31 Å². The number of rotatable bonds is 47. The van der Waals surface area contributed by atoms with Gasteiger partial charge in [0, 0.05) is 13.8 Å². The maximum Gasteiger partial charge on any atom is 0.483 e. The van der Waals surface area contributed by atoms with Crippen molar-refractivity contribution in [3.8, 4) is 0 Å². The summed E-state index contributed by atoms with van der Waals surface area (Å²) >= 11 is 0. The molecule has 0 radical (unpaired) electrons. The molecule has 9 fully saturated rings. The highest BCUT2D eigenvalue weighted by Crippen LogP contribution is 2.62. The molecular formula is C83H142N2O52P2. The number of hydrogen-bond acceptors (Lipinski definition) is 50. The van der Waals surface area contributed by atoms with Gasteiger partial charge in [0.2, 0.25) is 11.8 Å². The number of aliphatic hydroxyl groups is 26. The fourth-order valence-electron chi connectivity index (χ4n) is 17.1. The van der Waals surface area contributed by atoms with E-state index in [1.165, 1.54) is 16.7 Å². The van der Waals surface area contributed by atoms with Crippen LogP contribution in [-0.2, 0) is 113 Å². The predicted octanol–water partition coefficient (Wildman–Crippen LogP) is -11.1. The first-order chi connectivity index (χ1) is 65.6. The van der Waals surface area contributed by atoms with Gasteiger partial charge in [-0.05, 0) is 98.3 Å². The Hall–Kier alpha value is -3.56. The van der Waals surface area contributed by atoms with Crippen LogP contribution in [0, 0.1) is 5.92 Å². The van der Waals surface area contributed by atoms with Crippen molar-refractivity contribution in [1.82, 2.24) is 10.6 Å². The van der Waals surface area contributed by atoms with E-state index in [0.717, 1.165) is 57.9 Å². The Morgan fingerprint density at radius 3 is 1.01 bits per heavy atom. The Bertz CT molecular complexity index is 3960. The second kappa shape index (κ2) is 54.6. The topological polar surface area (TPSA) is 843 Å².